The Morgan fingerprint density at radius 1 is 1.50 bits per heavy atom. The summed E-state index contributed by atoms with van der Waals surface area (Å²) in [6, 6.07) is 7.45. The largest absolute Gasteiger partial charge is 0.485 e. The first-order valence-corrected chi connectivity index (χ1v) is 5.35. The zero-order valence-corrected chi connectivity index (χ0v) is 9.54. The maximum absolute atomic E-state index is 10.9. The molecular weight excluding hydrogens is 204 g/mol. The summed E-state index contributed by atoms with van der Waals surface area (Å²) in [6.45, 7) is 5.27. The number of hydrogen-bond donors (Lipinski definition) is 2. The summed E-state index contributed by atoms with van der Waals surface area (Å²) in [6.07, 6.45) is 0. The summed E-state index contributed by atoms with van der Waals surface area (Å²) in [7, 11) is 0. The lowest BCUT2D eigenvalue weighted by molar-refractivity contribution is -0.114. The van der Waals surface area contributed by atoms with Crippen LogP contribution in [0.1, 0.15) is 13.8 Å². The van der Waals surface area contributed by atoms with Crippen LogP contribution < -0.4 is 15.4 Å². The van der Waals surface area contributed by atoms with E-state index in [1.165, 1.54) is 6.92 Å². The lowest BCUT2D eigenvalue weighted by Gasteiger charge is -2.39. The van der Waals surface area contributed by atoms with E-state index in [0.29, 0.717) is 0 Å². The van der Waals surface area contributed by atoms with Crippen LogP contribution in [-0.2, 0) is 4.79 Å². The molecule has 1 aliphatic rings. The lowest BCUT2D eigenvalue weighted by atomic mass is 10.00. The van der Waals surface area contributed by atoms with Crippen molar-refractivity contribution in [2.24, 2.45) is 0 Å². The molecule has 1 aliphatic heterocycles. The fraction of sp³-hybridized carbons (Fsp3) is 0.417. The van der Waals surface area contributed by atoms with Crippen LogP contribution in [-0.4, -0.2) is 24.6 Å². The van der Waals surface area contributed by atoms with Gasteiger partial charge in [-0.15, -0.1) is 0 Å². The number of benzene rings is 1. The summed E-state index contributed by atoms with van der Waals surface area (Å²) < 4.78 is 5.85. The van der Waals surface area contributed by atoms with Crippen LogP contribution in [0.4, 0.5) is 5.69 Å². The van der Waals surface area contributed by atoms with Crippen molar-refractivity contribution in [3.8, 4) is 5.75 Å². The second kappa shape index (κ2) is 4.14. The molecule has 2 N–H and O–H groups in total. The van der Waals surface area contributed by atoms with Gasteiger partial charge in [0.05, 0.1) is 0 Å². The van der Waals surface area contributed by atoms with Crippen molar-refractivity contribution in [3.63, 3.8) is 0 Å². The molecule has 4 heteroatoms. The molecule has 0 radical (unpaired) electrons. The number of rotatable bonds is 3. The quantitative estimate of drug-likeness (QED) is 0.809. The molecule has 0 unspecified atom stereocenters. The fourth-order valence-corrected chi connectivity index (χ4v) is 1.67. The first kappa shape index (κ1) is 11.0. The van der Waals surface area contributed by atoms with Gasteiger partial charge in [-0.05, 0) is 19.1 Å². The third kappa shape index (κ3) is 2.52. The Kier molecular flexibility index (Phi) is 2.83. The molecule has 1 aromatic carbocycles. The van der Waals surface area contributed by atoms with E-state index < -0.39 is 0 Å². The lowest BCUT2D eigenvalue weighted by Crippen LogP contribution is -2.61. The van der Waals surface area contributed by atoms with Crippen molar-refractivity contribution in [2.45, 2.75) is 19.4 Å². The summed E-state index contributed by atoms with van der Waals surface area (Å²) in [5, 5.41) is 5.91. The Morgan fingerprint density at radius 2 is 2.25 bits per heavy atom. The monoisotopic (exact) mass is 220 g/mol. The minimum atomic E-state index is -0.116. The van der Waals surface area contributed by atoms with Crippen molar-refractivity contribution < 1.29 is 9.53 Å². The SMILES string of the molecule is CC(=O)Nc1cccc(OC2(C)CNC2)c1. The zero-order valence-electron chi connectivity index (χ0n) is 9.54. The van der Waals surface area contributed by atoms with E-state index in [9.17, 15) is 4.79 Å². The van der Waals surface area contributed by atoms with Crippen LogP contribution in [0.25, 0.3) is 0 Å². The average Bonchev–Trinajstić information content (AvgIpc) is 2.14. The summed E-state index contributed by atoms with van der Waals surface area (Å²) in [5.41, 5.74) is 0.648. The van der Waals surface area contributed by atoms with E-state index in [1.54, 1.807) is 0 Å². The van der Waals surface area contributed by atoms with E-state index in [-0.39, 0.29) is 11.5 Å². The molecule has 0 aromatic heterocycles. The molecule has 0 aliphatic carbocycles. The molecule has 0 saturated carbocycles. The van der Waals surface area contributed by atoms with Gasteiger partial charge in [-0.25, -0.2) is 0 Å². The van der Waals surface area contributed by atoms with Crippen LogP contribution in [0.3, 0.4) is 0 Å². The van der Waals surface area contributed by atoms with E-state index >= 15 is 0 Å². The topological polar surface area (TPSA) is 50.4 Å². The minimum Gasteiger partial charge on any atom is -0.485 e. The zero-order chi connectivity index (χ0) is 11.6. The molecule has 2 rings (SSSR count). The van der Waals surface area contributed by atoms with Crippen LogP contribution in [0.2, 0.25) is 0 Å². The van der Waals surface area contributed by atoms with Crippen LogP contribution in [0, 0.1) is 0 Å². The van der Waals surface area contributed by atoms with Gasteiger partial charge in [0.15, 0.2) is 0 Å². The Labute approximate surface area is 95.0 Å². The average molecular weight is 220 g/mol. The van der Waals surface area contributed by atoms with Crippen molar-refractivity contribution in [3.05, 3.63) is 24.3 Å². The molecule has 1 aromatic rings. The molecule has 1 amide bonds. The van der Waals surface area contributed by atoms with Gasteiger partial charge in [0.2, 0.25) is 5.91 Å². The standard InChI is InChI=1S/C12H16N2O2/c1-9(15)14-10-4-3-5-11(6-10)16-12(2)7-13-8-12/h3-6,13H,7-8H2,1-2H3,(H,14,15). The van der Waals surface area contributed by atoms with E-state index in [0.717, 1.165) is 24.5 Å². The van der Waals surface area contributed by atoms with E-state index in [2.05, 4.69) is 17.6 Å². The second-order valence-corrected chi connectivity index (χ2v) is 4.36. The summed E-state index contributed by atoms with van der Waals surface area (Å²) >= 11 is 0. The van der Waals surface area contributed by atoms with Crippen molar-refractivity contribution in [1.82, 2.24) is 5.32 Å². The van der Waals surface area contributed by atoms with Crippen molar-refractivity contribution in [2.75, 3.05) is 18.4 Å². The molecular formula is C12H16N2O2. The molecule has 0 atom stereocenters. The van der Waals surface area contributed by atoms with Gasteiger partial charge in [0, 0.05) is 31.8 Å². The Bertz CT molecular complexity index is 400. The number of nitrogens with one attached hydrogen (secondary N) is 2. The highest BCUT2D eigenvalue weighted by Gasteiger charge is 2.33. The fourth-order valence-electron chi connectivity index (χ4n) is 1.67. The second-order valence-electron chi connectivity index (χ2n) is 4.36. The molecule has 1 fully saturated rings. The third-order valence-electron chi connectivity index (χ3n) is 2.52. The van der Waals surface area contributed by atoms with Gasteiger partial charge in [-0.1, -0.05) is 6.07 Å². The Balaban J connectivity index is 2.06. The molecule has 0 bridgehead atoms. The predicted molar refractivity (Wildman–Crippen MR) is 62.6 cm³/mol. The highest BCUT2D eigenvalue weighted by atomic mass is 16.5. The molecule has 1 saturated heterocycles. The minimum absolute atomic E-state index is 0.0753. The number of hydrogen-bond acceptors (Lipinski definition) is 3. The van der Waals surface area contributed by atoms with Gasteiger partial charge in [0.25, 0.3) is 0 Å². The van der Waals surface area contributed by atoms with Gasteiger partial charge in [0.1, 0.15) is 11.4 Å². The van der Waals surface area contributed by atoms with Gasteiger partial charge in [-0.2, -0.15) is 0 Å². The predicted octanol–water partition coefficient (Wildman–Crippen LogP) is 1.39. The van der Waals surface area contributed by atoms with Crippen LogP contribution in [0.15, 0.2) is 24.3 Å². The van der Waals surface area contributed by atoms with Crippen LogP contribution >= 0.6 is 0 Å². The maximum Gasteiger partial charge on any atom is 0.221 e. The van der Waals surface area contributed by atoms with Crippen LogP contribution in [0.5, 0.6) is 5.75 Å². The van der Waals surface area contributed by atoms with E-state index in [1.807, 2.05) is 24.3 Å². The molecule has 16 heavy (non-hydrogen) atoms. The van der Waals surface area contributed by atoms with E-state index in [4.69, 9.17) is 4.74 Å². The highest BCUT2D eigenvalue weighted by Crippen LogP contribution is 2.24. The van der Waals surface area contributed by atoms with Gasteiger partial charge in [-0.3, -0.25) is 4.79 Å². The number of carbonyl (C=O) groups is 1. The third-order valence-corrected chi connectivity index (χ3v) is 2.52. The Hall–Kier alpha value is -1.55. The first-order chi connectivity index (χ1) is 7.57. The number of ether oxygens (including phenoxy) is 1. The van der Waals surface area contributed by atoms with Gasteiger partial charge < -0.3 is 15.4 Å². The van der Waals surface area contributed by atoms with Gasteiger partial charge >= 0.3 is 0 Å². The highest BCUT2D eigenvalue weighted by molar-refractivity contribution is 5.88. The normalized spacial score (nSPS) is 17.4. The number of anilines is 1. The summed E-state index contributed by atoms with van der Waals surface area (Å²) in [4.78, 5) is 10.9. The smallest absolute Gasteiger partial charge is 0.221 e. The number of carbonyl (C=O) groups excluding carboxylic acids is 1. The number of amides is 1. The van der Waals surface area contributed by atoms with Crippen molar-refractivity contribution >= 4 is 11.6 Å². The Morgan fingerprint density at radius 3 is 2.81 bits per heavy atom. The first-order valence-electron chi connectivity index (χ1n) is 5.35. The molecule has 1 heterocycles. The maximum atomic E-state index is 10.9. The molecule has 86 valence electrons. The van der Waals surface area contributed by atoms with Crippen molar-refractivity contribution in [1.29, 1.82) is 0 Å². The molecule has 0 spiro atoms. The summed E-state index contributed by atoms with van der Waals surface area (Å²) in [5.74, 6) is 0.712. The molecule has 4 nitrogen and oxygen atoms in total.